The van der Waals surface area contributed by atoms with Crippen LogP contribution in [-0.4, -0.2) is 19.9 Å². The molecule has 0 saturated carbocycles. The van der Waals surface area contributed by atoms with E-state index < -0.39 is 0 Å². The summed E-state index contributed by atoms with van der Waals surface area (Å²) in [6.07, 6.45) is 2.75. The van der Waals surface area contributed by atoms with Crippen molar-refractivity contribution in [3.05, 3.63) is 85.7 Å². The molecule has 7 nitrogen and oxygen atoms in total. The van der Waals surface area contributed by atoms with Crippen LogP contribution in [0.1, 0.15) is 0 Å². The predicted octanol–water partition coefficient (Wildman–Crippen LogP) is 3.16. The van der Waals surface area contributed by atoms with Gasteiger partial charge in [0.05, 0.1) is 41.0 Å². The van der Waals surface area contributed by atoms with Crippen LogP contribution in [-0.2, 0) is 0 Å². The molecule has 0 saturated heterocycles. The smallest absolute Gasteiger partial charge is 0.258 e. The van der Waals surface area contributed by atoms with Gasteiger partial charge in [-0.3, -0.25) is 9.59 Å². The molecule has 2 aromatic heterocycles. The monoisotopic (exact) mass is 395 g/mol. The zero-order valence-corrected chi connectivity index (χ0v) is 14.2. The van der Waals surface area contributed by atoms with Gasteiger partial charge >= 0.3 is 0 Å². The van der Waals surface area contributed by atoms with Crippen molar-refractivity contribution in [3.63, 3.8) is 0 Å². The molecule has 4 rings (SSSR count). The largest absolute Gasteiger partial charge is 0.313 e. The van der Waals surface area contributed by atoms with Gasteiger partial charge in [0, 0.05) is 4.47 Å². The molecule has 0 unspecified atom stereocenters. The maximum absolute atomic E-state index is 11.2. The van der Waals surface area contributed by atoms with E-state index in [1.807, 2.05) is 6.07 Å². The molecule has 0 radical (unpaired) electrons. The van der Waals surface area contributed by atoms with Crippen LogP contribution in [0.5, 0.6) is 0 Å². The second kappa shape index (κ2) is 7.07. The van der Waals surface area contributed by atoms with Crippen LogP contribution in [0.3, 0.4) is 0 Å². The van der Waals surface area contributed by atoms with Crippen molar-refractivity contribution in [2.24, 2.45) is 0 Å². The van der Waals surface area contributed by atoms with E-state index >= 15 is 0 Å². The molecule has 0 spiro atoms. The van der Waals surface area contributed by atoms with E-state index in [1.165, 1.54) is 18.7 Å². The Labute approximate surface area is 149 Å². The zero-order chi connectivity index (χ0) is 17.8. The molecule has 2 aromatic carbocycles. The molecule has 122 valence electrons. The number of benzene rings is 2. The topological polar surface area (TPSA) is 95.9 Å². The van der Waals surface area contributed by atoms with Crippen molar-refractivity contribution >= 4 is 43.4 Å². The van der Waals surface area contributed by atoms with Crippen molar-refractivity contribution in [2.75, 3.05) is 0 Å². The molecule has 0 aliphatic rings. The lowest BCUT2D eigenvalue weighted by Gasteiger charge is -1.94. The minimum Gasteiger partial charge on any atom is -0.313 e. The number of aromatic nitrogens is 4. The summed E-state index contributed by atoms with van der Waals surface area (Å²) in [6, 6.07) is 10.2. The normalized spacial score (nSPS) is 10.1. The molecule has 2 N–H and O–H groups in total. The average Bonchev–Trinajstić information content (AvgIpc) is 2.63. The van der Waals surface area contributed by atoms with E-state index in [9.17, 15) is 9.59 Å². The minimum atomic E-state index is -0.212. The summed E-state index contributed by atoms with van der Waals surface area (Å²) in [5, 5.41) is 1.06. The first-order valence-electron chi connectivity index (χ1n) is 7.06. The minimum absolute atomic E-state index is 0.110. The summed E-state index contributed by atoms with van der Waals surface area (Å²) in [7, 11) is 0. The Hall–Kier alpha value is -3.31. The second-order valence-electron chi connectivity index (χ2n) is 4.94. The fourth-order valence-corrected chi connectivity index (χ4v) is 2.53. The van der Waals surface area contributed by atoms with Gasteiger partial charge in [-0.05, 0) is 30.3 Å². The zero-order valence-electron chi connectivity index (χ0n) is 12.7. The highest BCUT2D eigenvalue weighted by Gasteiger charge is 1.99. The Morgan fingerprint density at radius 2 is 1.44 bits per heavy atom. The van der Waals surface area contributed by atoms with Crippen LogP contribution < -0.4 is 11.1 Å². The molecule has 0 fully saturated rings. The fraction of sp³-hybridized carbons (Fsp3) is 0. The summed E-state index contributed by atoms with van der Waals surface area (Å²) in [5.41, 5.74) is 1.45. The highest BCUT2D eigenvalue weighted by Crippen LogP contribution is 2.16. The Balaban J connectivity index is 0.000000146. The highest BCUT2D eigenvalue weighted by atomic mass is 79.9. The van der Waals surface area contributed by atoms with Gasteiger partial charge in [0.15, 0.2) is 5.69 Å². The third-order valence-electron chi connectivity index (χ3n) is 3.36. The van der Waals surface area contributed by atoms with Crippen LogP contribution in [0.15, 0.2) is 63.1 Å². The van der Waals surface area contributed by atoms with Crippen LogP contribution in [0.25, 0.3) is 26.7 Å². The van der Waals surface area contributed by atoms with Gasteiger partial charge in [-0.2, -0.15) is 0 Å². The summed E-state index contributed by atoms with van der Waals surface area (Å²) in [4.78, 5) is 38.6. The third-order valence-corrected chi connectivity index (χ3v) is 3.85. The number of nitrogens with one attached hydrogen (secondary N) is 2. The van der Waals surface area contributed by atoms with E-state index in [2.05, 4.69) is 40.7 Å². The van der Waals surface area contributed by atoms with Gasteiger partial charge in [-0.1, -0.05) is 22.0 Å². The second-order valence-corrected chi connectivity index (χ2v) is 5.85. The van der Waals surface area contributed by atoms with E-state index in [0.29, 0.717) is 27.5 Å². The first kappa shape index (κ1) is 16.5. The number of H-pyrrole nitrogens is 2. The number of nitrogens with zero attached hydrogens (tertiary/aromatic N) is 3. The van der Waals surface area contributed by atoms with Crippen molar-refractivity contribution in [1.29, 1.82) is 0 Å². The summed E-state index contributed by atoms with van der Waals surface area (Å²) in [6.45, 7) is 6.78. The molecular weight excluding hydrogens is 386 g/mol. The molecule has 0 aliphatic heterocycles. The molecule has 25 heavy (non-hydrogen) atoms. The van der Waals surface area contributed by atoms with Crippen LogP contribution in [0.4, 0.5) is 5.69 Å². The third kappa shape index (κ3) is 3.62. The Bertz CT molecular complexity index is 1220. The van der Waals surface area contributed by atoms with E-state index in [4.69, 9.17) is 6.57 Å². The molecule has 0 aliphatic carbocycles. The van der Waals surface area contributed by atoms with Gasteiger partial charge in [-0.15, -0.1) is 0 Å². The lowest BCUT2D eigenvalue weighted by Crippen LogP contribution is -2.05. The summed E-state index contributed by atoms with van der Waals surface area (Å²) < 4.78 is 0.883. The maximum Gasteiger partial charge on any atom is 0.258 e. The van der Waals surface area contributed by atoms with Crippen LogP contribution in [0, 0.1) is 6.57 Å². The molecular formula is C17H10BrN5O2. The van der Waals surface area contributed by atoms with Gasteiger partial charge in [0.2, 0.25) is 0 Å². The van der Waals surface area contributed by atoms with Crippen molar-refractivity contribution in [2.45, 2.75) is 0 Å². The summed E-state index contributed by atoms with van der Waals surface area (Å²) in [5.74, 6) is 0. The molecule has 0 atom stereocenters. The van der Waals surface area contributed by atoms with Gasteiger partial charge in [0.25, 0.3) is 11.1 Å². The number of aromatic amines is 2. The number of hydrogen-bond acceptors (Lipinski definition) is 4. The summed E-state index contributed by atoms with van der Waals surface area (Å²) >= 11 is 3.29. The molecule has 0 amide bonds. The Kier molecular flexibility index (Phi) is 4.68. The SMILES string of the molecule is O=c1[nH]cnc2ccc(Br)cc12.[C-]#[N+]c1ccc2nc[nH]c(=O)c2c1. The molecule has 4 aromatic rings. The Morgan fingerprint density at radius 1 is 0.880 bits per heavy atom. The molecule has 2 heterocycles. The van der Waals surface area contributed by atoms with Gasteiger partial charge in [0.1, 0.15) is 0 Å². The quantitative estimate of drug-likeness (QED) is 0.447. The average molecular weight is 396 g/mol. The van der Waals surface area contributed by atoms with E-state index in [0.717, 1.165) is 4.47 Å². The van der Waals surface area contributed by atoms with Gasteiger partial charge in [-0.25, -0.2) is 14.8 Å². The number of hydrogen-bond donors (Lipinski definition) is 2. The predicted molar refractivity (Wildman–Crippen MR) is 98.7 cm³/mol. The van der Waals surface area contributed by atoms with Crippen molar-refractivity contribution in [1.82, 2.24) is 19.9 Å². The number of rotatable bonds is 0. The van der Waals surface area contributed by atoms with E-state index in [-0.39, 0.29) is 11.1 Å². The Morgan fingerprint density at radius 3 is 2.04 bits per heavy atom. The van der Waals surface area contributed by atoms with Crippen LogP contribution >= 0.6 is 15.9 Å². The van der Waals surface area contributed by atoms with Gasteiger partial charge < -0.3 is 9.97 Å². The van der Waals surface area contributed by atoms with Crippen molar-refractivity contribution < 1.29 is 0 Å². The number of fused-ring (bicyclic) bond motifs is 2. The van der Waals surface area contributed by atoms with E-state index in [1.54, 1.807) is 24.3 Å². The fourth-order valence-electron chi connectivity index (χ4n) is 2.17. The standard InChI is InChI=1S/C9H5N3O.C8H5BrN2O/c1-10-6-2-3-8-7(4-6)9(13)12-5-11-8;9-5-1-2-7-6(3-5)8(12)11-4-10-7/h2-5H,(H,11,12,13);1-4H,(H,10,11,12). The van der Waals surface area contributed by atoms with Crippen molar-refractivity contribution in [3.8, 4) is 0 Å². The lowest BCUT2D eigenvalue weighted by atomic mass is 10.2. The lowest BCUT2D eigenvalue weighted by molar-refractivity contribution is 1.17. The maximum atomic E-state index is 11.2. The number of halogens is 1. The first-order chi connectivity index (χ1) is 12.1. The first-order valence-corrected chi connectivity index (χ1v) is 7.85. The molecule has 8 heteroatoms. The highest BCUT2D eigenvalue weighted by molar-refractivity contribution is 9.10. The van der Waals surface area contributed by atoms with Crippen LogP contribution in [0.2, 0.25) is 0 Å². The molecule has 0 bridgehead atoms.